The third-order valence-corrected chi connectivity index (χ3v) is 3.41. The molecule has 2 aromatic heterocycles. The van der Waals surface area contributed by atoms with Crippen LogP contribution in [0.4, 0.5) is 0 Å². The van der Waals surface area contributed by atoms with Crippen molar-refractivity contribution >= 4 is 28.8 Å². The Morgan fingerprint density at radius 1 is 1.26 bits per heavy atom. The molecule has 2 heterocycles. The first-order chi connectivity index (χ1) is 9.24. The van der Waals surface area contributed by atoms with Gasteiger partial charge in [0.1, 0.15) is 5.52 Å². The maximum absolute atomic E-state index is 11.1. The molecule has 0 saturated carbocycles. The maximum Gasteiger partial charge on any atom is 0.338 e. The number of pyridine rings is 1. The van der Waals surface area contributed by atoms with E-state index in [-0.39, 0.29) is 5.56 Å². The van der Waals surface area contributed by atoms with Crippen molar-refractivity contribution in [1.29, 1.82) is 0 Å². The predicted octanol–water partition coefficient (Wildman–Crippen LogP) is 3.07. The Balaban J connectivity index is 1.99. The first-order valence-corrected chi connectivity index (χ1v) is 6.26. The maximum atomic E-state index is 11.1. The summed E-state index contributed by atoms with van der Waals surface area (Å²) in [6, 6.07) is 9.01. The van der Waals surface area contributed by atoms with Crippen molar-refractivity contribution in [3.05, 3.63) is 48.3 Å². The third-order valence-electron chi connectivity index (χ3n) is 2.48. The molecular formula is C13H8N2O3S. The van der Waals surface area contributed by atoms with Crippen LogP contribution in [0.1, 0.15) is 10.4 Å². The molecule has 3 rings (SSSR count). The first kappa shape index (κ1) is 11.7. The van der Waals surface area contributed by atoms with Crippen LogP contribution in [0.25, 0.3) is 11.1 Å². The number of carboxylic acid groups (broad SMARTS) is 1. The highest BCUT2D eigenvalue weighted by atomic mass is 32.2. The fourth-order valence-corrected chi connectivity index (χ4v) is 2.46. The van der Waals surface area contributed by atoms with E-state index < -0.39 is 5.97 Å². The number of carbonyl (C=O) groups is 1. The van der Waals surface area contributed by atoms with Crippen LogP contribution in [-0.2, 0) is 0 Å². The summed E-state index contributed by atoms with van der Waals surface area (Å²) in [7, 11) is 0. The molecule has 0 unspecified atom stereocenters. The molecule has 0 amide bonds. The van der Waals surface area contributed by atoms with E-state index >= 15 is 0 Å². The van der Waals surface area contributed by atoms with Crippen LogP contribution in [0.2, 0.25) is 0 Å². The van der Waals surface area contributed by atoms with Gasteiger partial charge in [-0.1, -0.05) is 12.1 Å². The Bertz CT molecular complexity index is 721. The number of para-hydroxylation sites is 2. The number of aromatic nitrogens is 2. The fourth-order valence-electron chi connectivity index (χ4n) is 1.62. The van der Waals surface area contributed by atoms with Gasteiger partial charge < -0.3 is 9.52 Å². The molecule has 19 heavy (non-hydrogen) atoms. The van der Waals surface area contributed by atoms with Gasteiger partial charge in [-0.3, -0.25) is 4.98 Å². The Morgan fingerprint density at radius 3 is 2.89 bits per heavy atom. The fraction of sp³-hybridized carbons (Fsp3) is 0. The molecule has 0 spiro atoms. The summed E-state index contributed by atoms with van der Waals surface area (Å²) in [6.45, 7) is 0. The second kappa shape index (κ2) is 4.74. The standard InChI is InChI=1S/C13H8N2O3S/c16-12(17)8-7-14-6-5-11(8)19-13-15-9-3-1-2-4-10(9)18-13/h1-7H,(H,16,17). The van der Waals surface area contributed by atoms with E-state index in [1.807, 2.05) is 24.3 Å². The zero-order valence-electron chi connectivity index (χ0n) is 9.61. The zero-order chi connectivity index (χ0) is 13.2. The molecule has 0 fully saturated rings. The number of nitrogens with zero attached hydrogens (tertiary/aromatic N) is 2. The van der Waals surface area contributed by atoms with Crippen molar-refractivity contribution < 1.29 is 14.3 Å². The van der Waals surface area contributed by atoms with Gasteiger partial charge in [0, 0.05) is 17.3 Å². The van der Waals surface area contributed by atoms with E-state index in [0.717, 1.165) is 5.52 Å². The summed E-state index contributed by atoms with van der Waals surface area (Å²) in [4.78, 5) is 19.7. The number of carboxylic acids is 1. The number of hydrogen-bond donors (Lipinski definition) is 1. The third kappa shape index (κ3) is 2.30. The summed E-state index contributed by atoms with van der Waals surface area (Å²) >= 11 is 1.17. The number of hydrogen-bond acceptors (Lipinski definition) is 5. The molecule has 0 atom stereocenters. The molecule has 0 radical (unpaired) electrons. The minimum atomic E-state index is -1.02. The first-order valence-electron chi connectivity index (χ1n) is 5.45. The molecular weight excluding hydrogens is 264 g/mol. The highest BCUT2D eigenvalue weighted by molar-refractivity contribution is 7.99. The van der Waals surface area contributed by atoms with Crippen molar-refractivity contribution in [1.82, 2.24) is 9.97 Å². The van der Waals surface area contributed by atoms with E-state index in [4.69, 9.17) is 9.52 Å². The molecule has 1 aromatic carbocycles. The van der Waals surface area contributed by atoms with Crippen LogP contribution >= 0.6 is 11.8 Å². The summed E-state index contributed by atoms with van der Waals surface area (Å²) < 4.78 is 5.55. The van der Waals surface area contributed by atoms with E-state index in [0.29, 0.717) is 15.7 Å². The molecule has 0 saturated heterocycles. The Labute approximate surface area is 112 Å². The number of oxazole rings is 1. The summed E-state index contributed by atoms with van der Waals surface area (Å²) in [6.07, 6.45) is 2.85. The second-order valence-electron chi connectivity index (χ2n) is 3.73. The van der Waals surface area contributed by atoms with Gasteiger partial charge in [0.25, 0.3) is 5.22 Å². The zero-order valence-corrected chi connectivity index (χ0v) is 10.4. The predicted molar refractivity (Wildman–Crippen MR) is 69.3 cm³/mol. The molecule has 1 N–H and O–H groups in total. The number of fused-ring (bicyclic) bond motifs is 1. The quantitative estimate of drug-likeness (QED) is 0.789. The van der Waals surface area contributed by atoms with E-state index in [9.17, 15) is 4.79 Å². The monoisotopic (exact) mass is 272 g/mol. The van der Waals surface area contributed by atoms with Crippen molar-refractivity contribution in [3.63, 3.8) is 0 Å². The second-order valence-corrected chi connectivity index (χ2v) is 4.72. The van der Waals surface area contributed by atoms with Crippen LogP contribution in [-0.4, -0.2) is 21.0 Å². The average Bonchev–Trinajstić information content (AvgIpc) is 2.81. The molecule has 0 bridgehead atoms. The normalized spacial score (nSPS) is 10.7. The Kier molecular flexibility index (Phi) is 2.92. The number of rotatable bonds is 3. The van der Waals surface area contributed by atoms with Crippen molar-refractivity contribution in [2.24, 2.45) is 0 Å². The van der Waals surface area contributed by atoms with Crippen molar-refractivity contribution in [3.8, 4) is 0 Å². The summed E-state index contributed by atoms with van der Waals surface area (Å²) in [5.41, 5.74) is 1.56. The lowest BCUT2D eigenvalue weighted by Gasteiger charge is -2.00. The summed E-state index contributed by atoms with van der Waals surface area (Å²) in [5, 5.41) is 9.49. The molecule has 6 heteroatoms. The van der Waals surface area contributed by atoms with Gasteiger partial charge in [0.2, 0.25) is 0 Å². The lowest BCUT2D eigenvalue weighted by Crippen LogP contribution is -1.99. The van der Waals surface area contributed by atoms with Crippen molar-refractivity contribution in [2.45, 2.75) is 10.1 Å². The number of aromatic carboxylic acids is 1. The van der Waals surface area contributed by atoms with E-state index in [1.165, 1.54) is 24.2 Å². The summed E-state index contributed by atoms with van der Waals surface area (Å²) in [5.74, 6) is -1.02. The minimum absolute atomic E-state index is 0.134. The molecule has 0 aliphatic rings. The minimum Gasteiger partial charge on any atom is -0.478 e. The lowest BCUT2D eigenvalue weighted by atomic mass is 10.3. The van der Waals surface area contributed by atoms with Gasteiger partial charge in [-0.15, -0.1) is 0 Å². The van der Waals surface area contributed by atoms with Crippen LogP contribution in [0.15, 0.2) is 57.3 Å². The SMILES string of the molecule is O=C(O)c1cnccc1Sc1nc2ccccc2o1. The highest BCUT2D eigenvalue weighted by Gasteiger charge is 2.14. The highest BCUT2D eigenvalue weighted by Crippen LogP contribution is 2.31. The van der Waals surface area contributed by atoms with Gasteiger partial charge in [0.15, 0.2) is 5.58 Å². The van der Waals surface area contributed by atoms with Crippen LogP contribution in [0.3, 0.4) is 0 Å². The van der Waals surface area contributed by atoms with E-state index in [1.54, 1.807) is 6.07 Å². The average molecular weight is 272 g/mol. The van der Waals surface area contributed by atoms with Gasteiger partial charge in [-0.2, -0.15) is 0 Å². The largest absolute Gasteiger partial charge is 0.478 e. The molecule has 0 aliphatic carbocycles. The van der Waals surface area contributed by atoms with Crippen LogP contribution in [0.5, 0.6) is 0 Å². The molecule has 3 aromatic rings. The Hall–Kier alpha value is -2.34. The van der Waals surface area contributed by atoms with Crippen molar-refractivity contribution in [2.75, 3.05) is 0 Å². The van der Waals surface area contributed by atoms with Gasteiger partial charge in [0.05, 0.1) is 5.56 Å². The van der Waals surface area contributed by atoms with Gasteiger partial charge in [-0.25, -0.2) is 9.78 Å². The number of benzene rings is 1. The topological polar surface area (TPSA) is 76.2 Å². The lowest BCUT2D eigenvalue weighted by molar-refractivity contribution is 0.0692. The van der Waals surface area contributed by atoms with E-state index in [2.05, 4.69) is 9.97 Å². The smallest absolute Gasteiger partial charge is 0.338 e. The van der Waals surface area contributed by atoms with Crippen LogP contribution in [0, 0.1) is 0 Å². The van der Waals surface area contributed by atoms with Crippen LogP contribution < -0.4 is 0 Å². The van der Waals surface area contributed by atoms with Gasteiger partial charge >= 0.3 is 5.97 Å². The molecule has 5 nitrogen and oxygen atoms in total. The Morgan fingerprint density at radius 2 is 2.11 bits per heavy atom. The molecule has 94 valence electrons. The molecule has 0 aliphatic heterocycles. The van der Waals surface area contributed by atoms with Gasteiger partial charge in [-0.05, 0) is 30.0 Å².